The molecule has 2 amide bonds. The van der Waals surface area contributed by atoms with Gasteiger partial charge in [-0.1, -0.05) is 5.16 Å². The first-order chi connectivity index (χ1) is 17.3. The summed E-state index contributed by atoms with van der Waals surface area (Å²) < 4.78 is 18.2. The Hall–Kier alpha value is -4.78. The van der Waals surface area contributed by atoms with Gasteiger partial charge in [0.25, 0.3) is 23.5 Å². The molecule has 0 saturated carbocycles. The molecule has 186 valence electrons. The van der Waals surface area contributed by atoms with Gasteiger partial charge in [0.15, 0.2) is 5.82 Å². The zero-order valence-electron chi connectivity index (χ0n) is 19.6. The smallest absolute Gasteiger partial charge is 0.292 e. The Balaban J connectivity index is 1.55. The normalized spacial score (nSPS) is 11.6. The average Bonchev–Trinajstić information content (AvgIpc) is 3.53. The van der Waals surface area contributed by atoms with Crippen LogP contribution in [0.15, 0.2) is 53.3 Å². The third kappa shape index (κ3) is 5.82. The molecular formula is C23H23N7O6. The molecule has 1 atom stereocenters. The van der Waals surface area contributed by atoms with E-state index in [-0.39, 0.29) is 23.9 Å². The molecule has 3 heterocycles. The first kappa shape index (κ1) is 24.3. The van der Waals surface area contributed by atoms with Crippen LogP contribution in [-0.2, 0) is 7.05 Å². The Morgan fingerprint density at radius 3 is 2.61 bits per heavy atom. The molecule has 4 rings (SSSR count). The molecule has 13 heteroatoms. The molecule has 0 unspecified atom stereocenters. The van der Waals surface area contributed by atoms with Gasteiger partial charge in [0.05, 0.1) is 12.8 Å². The lowest BCUT2D eigenvalue weighted by molar-refractivity contribution is 0.0949. The highest BCUT2D eigenvalue weighted by Crippen LogP contribution is 2.29. The standard InChI is InChI=1S/C23H23N7O6/c1-13(12-31)34-16-8-14(21(32)26-19-6-7-30(3)28-19)9-17(10-16)35-15-4-5-18(25-11-15)23-27-20(29-36-23)22(33)24-2/h4-11,13,31H,12H2,1-3H3,(H,24,33)(H,26,28,32)/t13-/m0/s1. The molecule has 3 aromatic heterocycles. The number of aryl methyl sites for hydroxylation is 1. The maximum Gasteiger partial charge on any atom is 0.292 e. The Kier molecular flexibility index (Phi) is 7.20. The van der Waals surface area contributed by atoms with Gasteiger partial charge in [0.1, 0.15) is 29.0 Å². The Morgan fingerprint density at radius 2 is 1.94 bits per heavy atom. The van der Waals surface area contributed by atoms with E-state index in [0.717, 1.165) is 0 Å². The number of aromatic nitrogens is 5. The Bertz CT molecular complexity index is 1370. The predicted molar refractivity (Wildman–Crippen MR) is 126 cm³/mol. The zero-order chi connectivity index (χ0) is 25.7. The van der Waals surface area contributed by atoms with Gasteiger partial charge in [-0.3, -0.25) is 14.3 Å². The number of ether oxygens (including phenoxy) is 2. The number of carbonyl (C=O) groups excluding carboxylic acids is 2. The minimum atomic E-state index is -0.498. The number of nitrogens with zero attached hydrogens (tertiary/aromatic N) is 5. The van der Waals surface area contributed by atoms with Crippen LogP contribution >= 0.6 is 0 Å². The van der Waals surface area contributed by atoms with E-state index >= 15 is 0 Å². The number of anilines is 1. The number of benzene rings is 1. The molecule has 0 bridgehead atoms. The van der Waals surface area contributed by atoms with Crippen LogP contribution in [0.25, 0.3) is 11.6 Å². The van der Waals surface area contributed by atoms with Crippen LogP contribution in [0.3, 0.4) is 0 Å². The maximum atomic E-state index is 12.8. The largest absolute Gasteiger partial charge is 0.488 e. The van der Waals surface area contributed by atoms with Crippen molar-refractivity contribution < 1.29 is 28.7 Å². The van der Waals surface area contributed by atoms with Crippen molar-refractivity contribution in [3.05, 3.63) is 60.2 Å². The van der Waals surface area contributed by atoms with Gasteiger partial charge >= 0.3 is 0 Å². The molecule has 0 fully saturated rings. The number of pyridine rings is 1. The lowest BCUT2D eigenvalue weighted by Crippen LogP contribution is -2.19. The number of hydrogen-bond donors (Lipinski definition) is 3. The molecule has 1 aromatic carbocycles. The number of aliphatic hydroxyl groups is 1. The van der Waals surface area contributed by atoms with Gasteiger partial charge in [0.2, 0.25) is 0 Å². The zero-order valence-corrected chi connectivity index (χ0v) is 19.6. The van der Waals surface area contributed by atoms with Gasteiger partial charge in [-0.15, -0.1) is 0 Å². The van der Waals surface area contributed by atoms with Crippen molar-refractivity contribution in [2.24, 2.45) is 7.05 Å². The van der Waals surface area contributed by atoms with E-state index in [1.807, 2.05) is 0 Å². The van der Waals surface area contributed by atoms with Gasteiger partial charge < -0.3 is 29.7 Å². The molecule has 3 N–H and O–H groups in total. The fourth-order valence-electron chi connectivity index (χ4n) is 3.00. The molecule has 4 aromatic rings. The van der Waals surface area contributed by atoms with Crippen LogP contribution in [0.5, 0.6) is 17.2 Å². The molecular weight excluding hydrogens is 470 g/mol. The van der Waals surface area contributed by atoms with Crippen molar-refractivity contribution in [1.82, 2.24) is 30.2 Å². The fraction of sp³-hybridized carbons (Fsp3) is 0.217. The van der Waals surface area contributed by atoms with Crippen molar-refractivity contribution in [1.29, 1.82) is 0 Å². The van der Waals surface area contributed by atoms with E-state index < -0.39 is 17.9 Å². The number of carbonyl (C=O) groups is 2. The molecule has 0 radical (unpaired) electrons. The third-order valence-corrected chi connectivity index (χ3v) is 4.74. The van der Waals surface area contributed by atoms with Gasteiger partial charge in [-0.25, -0.2) is 4.98 Å². The second kappa shape index (κ2) is 10.7. The van der Waals surface area contributed by atoms with E-state index in [9.17, 15) is 14.7 Å². The molecule has 0 spiro atoms. The van der Waals surface area contributed by atoms with Crippen LogP contribution in [0.2, 0.25) is 0 Å². The van der Waals surface area contributed by atoms with E-state index in [4.69, 9.17) is 14.0 Å². The van der Waals surface area contributed by atoms with Crippen molar-refractivity contribution in [3.63, 3.8) is 0 Å². The van der Waals surface area contributed by atoms with Gasteiger partial charge in [-0.2, -0.15) is 10.1 Å². The van der Waals surface area contributed by atoms with E-state index in [0.29, 0.717) is 28.8 Å². The summed E-state index contributed by atoms with van der Waals surface area (Å²) >= 11 is 0. The lowest BCUT2D eigenvalue weighted by Gasteiger charge is -2.15. The van der Waals surface area contributed by atoms with Crippen molar-refractivity contribution >= 4 is 17.6 Å². The van der Waals surface area contributed by atoms with Gasteiger partial charge in [-0.05, 0) is 31.2 Å². The third-order valence-electron chi connectivity index (χ3n) is 4.74. The number of rotatable bonds is 9. The molecule has 0 aliphatic carbocycles. The van der Waals surface area contributed by atoms with Crippen LogP contribution in [0.1, 0.15) is 27.9 Å². The number of nitrogens with one attached hydrogen (secondary N) is 2. The average molecular weight is 493 g/mol. The highest BCUT2D eigenvalue weighted by atomic mass is 16.5. The lowest BCUT2D eigenvalue weighted by atomic mass is 10.2. The topological polar surface area (TPSA) is 167 Å². The van der Waals surface area contributed by atoms with E-state index in [2.05, 4.69) is 30.9 Å². The highest BCUT2D eigenvalue weighted by Gasteiger charge is 2.16. The summed E-state index contributed by atoms with van der Waals surface area (Å²) in [4.78, 5) is 32.7. The minimum absolute atomic E-state index is 0.0713. The summed E-state index contributed by atoms with van der Waals surface area (Å²) in [5.41, 5.74) is 0.602. The summed E-state index contributed by atoms with van der Waals surface area (Å²) in [7, 11) is 3.20. The van der Waals surface area contributed by atoms with Crippen LogP contribution in [0.4, 0.5) is 5.82 Å². The summed E-state index contributed by atoms with van der Waals surface area (Å²) in [5, 5.41) is 22.2. The number of hydrogen-bond acceptors (Lipinski definition) is 10. The second-order valence-electron chi connectivity index (χ2n) is 7.62. The molecule has 0 aliphatic rings. The van der Waals surface area contributed by atoms with Crippen molar-refractivity contribution in [2.45, 2.75) is 13.0 Å². The Morgan fingerprint density at radius 1 is 1.14 bits per heavy atom. The molecule has 13 nitrogen and oxygen atoms in total. The van der Waals surface area contributed by atoms with Crippen LogP contribution < -0.4 is 20.1 Å². The number of aliphatic hydroxyl groups excluding tert-OH is 1. The fourth-order valence-corrected chi connectivity index (χ4v) is 3.00. The van der Waals surface area contributed by atoms with Crippen molar-refractivity contribution in [3.8, 4) is 28.8 Å². The van der Waals surface area contributed by atoms with E-state index in [1.165, 1.54) is 25.4 Å². The summed E-state index contributed by atoms with van der Waals surface area (Å²) in [5.74, 6) is 0.439. The molecule has 36 heavy (non-hydrogen) atoms. The van der Waals surface area contributed by atoms with Crippen LogP contribution in [0, 0.1) is 0 Å². The SMILES string of the molecule is CNC(=O)c1noc(-c2ccc(Oc3cc(O[C@@H](C)CO)cc(C(=O)Nc4ccn(C)n4)c3)cn2)n1. The number of amides is 2. The van der Waals surface area contributed by atoms with Gasteiger partial charge in [0, 0.05) is 38.0 Å². The first-order valence-electron chi connectivity index (χ1n) is 10.8. The van der Waals surface area contributed by atoms with E-state index in [1.54, 1.807) is 49.1 Å². The Labute approximate surface area is 205 Å². The monoisotopic (exact) mass is 493 g/mol. The van der Waals surface area contributed by atoms with Crippen LogP contribution in [-0.4, -0.2) is 61.6 Å². The second-order valence-corrected chi connectivity index (χ2v) is 7.62. The minimum Gasteiger partial charge on any atom is -0.488 e. The molecule has 0 aliphatic heterocycles. The maximum absolute atomic E-state index is 12.8. The quantitative estimate of drug-likeness (QED) is 0.314. The first-order valence-corrected chi connectivity index (χ1v) is 10.8. The summed E-state index contributed by atoms with van der Waals surface area (Å²) in [6, 6.07) is 9.53. The predicted octanol–water partition coefficient (Wildman–Crippen LogP) is 2.03. The summed E-state index contributed by atoms with van der Waals surface area (Å²) in [6.07, 6.45) is 2.63. The molecule has 0 saturated heterocycles. The summed E-state index contributed by atoms with van der Waals surface area (Å²) in [6.45, 7) is 1.49. The highest BCUT2D eigenvalue weighted by molar-refractivity contribution is 6.04. The van der Waals surface area contributed by atoms with Crippen molar-refractivity contribution in [2.75, 3.05) is 19.0 Å².